The van der Waals surface area contributed by atoms with Crippen LogP contribution in [0.15, 0.2) is 95.9 Å². The third-order valence-electron chi connectivity index (χ3n) is 5.64. The molecule has 8 nitrogen and oxygen atoms in total. The van der Waals surface area contributed by atoms with Crippen molar-refractivity contribution in [3.05, 3.63) is 123 Å². The molecule has 0 saturated heterocycles. The van der Waals surface area contributed by atoms with Crippen molar-refractivity contribution in [2.45, 2.75) is 10.1 Å². The lowest BCUT2D eigenvalue weighted by Gasteiger charge is -2.18. The lowest BCUT2D eigenvalue weighted by molar-refractivity contribution is -0.115. The molecule has 0 aliphatic rings. The van der Waals surface area contributed by atoms with E-state index in [1.807, 2.05) is 30.3 Å². The van der Waals surface area contributed by atoms with Gasteiger partial charge < -0.3 is 20.8 Å². The first kappa shape index (κ1) is 28.7. The fraction of sp³-hybridized carbons (Fsp3) is 0.0345. The lowest BCUT2D eigenvalue weighted by Crippen LogP contribution is -2.19. The highest BCUT2D eigenvalue weighted by molar-refractivity contribution is 8.00. The molecule has 11 heteroatoms. The van der Waals surface area contributed by atoms with E-state index < -0.39 is 28.7 Å². The molecule has 0 bridgehead atoms. The van der Waals surface area contributed by atoms with E-state index in [9.17, 15) is 24.3 Å². The Morgan fingerprint density at radius 2 is 1.43 bits per heavy atom. The average Bonchev–Trinajstić information content (AvgIpc) is 2.94. The highest BCUT2D eigenvalue weighted by Crippen LogP contribution is 2.37. The Morgan fingerprint density at radius 1 is 0.725 bits per heavy atom. The number of benzene rings is 4. The third-order valence-corrected chi connectivity index (χ3v) is 7.45. The van der Waals surface area contributed by atoms with Crippen molar-refractivity contribution < 1.29 is 29.4 Å². The molecule has 0 aliphatic heterocycles. The van der Waals surface area contributed by atoms with Gasteiger partial charge in [-0.2, -0.15) is 0 Å². The Bertz CT molecular complexity index is 1600. The maximum Gasteiger partial charge on any atom is 0.336 e. The Balaban J connectivity index is 1.52. The minimum atomic E-state index is -1.43. The second-order valence-electron chi connectivity index (χ2n) is 8.37. The average molecular weight is 595 g/mol. The van der Waals surface area contributed by atoms with Crippen molar-refractivity contribution in [1.82, 2.24) is 0 Å². The summed E-state index contributed by atoms with van der Waals surface area (Å²) in [6, 6.07) is 23.9. The van der Waals surface area contributed by atoms with Crippen LogP contribution in [0.1, 0.15) is 41.9 Å². The second-order valence-corrected chi connectivity index (χ2v) is 10.4. The van der Waals surface area contributed by atoms with Crippen LogP contribution in [0.3, 0.4) is 0 Å². The molecule has 0 fully saturated rings. The normalized spacial score (nSPS) is 11.3. The van der Waals surface area contributed by atoms with Gasteiger partial charge in [0.05, 0.1) is 27.4 Å². The van der Waals surface area contributed by atoms with E-state index in [0.717, 1.165) is 28.7 Å². The van der Waals surface area contributed by atoms with Crippen LogP contribution in [-0.2, 0) is 4.79 Å². The Labute approximate surface area is 242 Å². The van der Waals surface area contributed by atoms with Crippen LogP contribution >= 0.6 is 35.0 Å². The summed E-state index contributed by atoms with van der Waals surface area (Å²) in [4.78, 5) is 49.6. The van der Waals surface area contributed by atoms with E-state index in [1.54, 1.807) is 36.4 Å². The number of aromatic carboxylic acids is 2. The molecule has 4 rings (SSSR count). The Hall–Kier alpha value is -4.31. The highest BCUT2D eigenvalue weighted by atomic mass is 35.5. The number of thioether (sulfide) groups is 1. The van der Waals surface area contributed by atoms with Gasteiger partial charge in [0, 0.05) is 15.6 Å². The van der Waals surface area contributed by atoms with Crippen LogP contribution in [0.25, 0.3) is 0 Å². The number of amides is 2. The van der Waals surface area contributed by atoms with Gasteiger partial charge >= 0.3 is 11.9 Å². The minimum absolute atomic E-state index is 0.183. The molecule has 1 unspecified atom stereocenters. The Morgan fingerprint density at radius 3 is 2.05 bits per heavy atom. The van der Waals surface area contributed by atoms with Crippen molar-refractivity contribution in [3.63, 3.8) is 0 Å². The Kier molecular flexibility index (Phi) is 9.11. The standard InChI is InChI=1S/C29H20Cl2N2O6S/c30-18-7-13-24(23(31)15-18)33-27(35)25(16-4-2-1-3-5-16)40-20-10-8-19(9-11-20)32-26(34)21-12-6-17(28(36)37)14-22(21)29(38)39/h1-15,25H,(H,32,34)(H,33,35)(H,36,37)(H,38,39). The molecule has 0 spiro atoms. The van der Waals surface area contributed by atoms with E-state index in [0.29, 0.717) is 21.4 Å². The van der Waals surface area contributed by atoms with E-state index in [1.165, 1.54) is 17.8 Å². The fourth-order valence-electron chi connectivity index (χ4n) is 3.69. The quantitative estimate of drug-likeness (QED) is 0.152. The third kappa shape index (κ3) is 7.01. The van der Waals surface area contributed by atoms with Gasteiger partial charge in [0.25, 0.3) is 5.91 Å². The highest BCUT2D eigenvalue weighted by Gasteiger charge is 2.23. The molecule has 0 saturated carbocycles. The van der Waals surface area contributed by atoms with Gasteiger partial charge in [-0.15, -0.1) is 11.8 Å². The van der Waals surface area contributed by atoms with E-state index in [-0.39, 0.29) is 17.0 Å². The monoisotopic (exact) mass is 594 g/mol. The van der Waals surface area contributed by atoms with Gasteiger partial charge in [-0.05, 0) is 66.2 Å². The summed E-state index contributed by atoms with van der Waals surface area (Å²) in [5.41, 5.74) is 0.707. The molecule has 0 aliphatic carbocycles. The van der Waals surface area contributed by atoms with E-state index in [2.05, 4.69) is 10.6 Å². The molecule has 202 valence electrons. The maximum absolute atomic E-state index is 13.3. The second kappa shape index (κ2) is 12.7. The van der Waals surface area contributed by atoms with Crippen molar-refractivity contribution in [2.75, 3.05) is 10.6 Å². The molecule has 2 amide bonds. The van der Waals surface area contributed by atoms with Gasteiger partial charge in [-0.3, -0.25) is 9.59 Å². The topological polar surface area (TPSA) is 133 Å². The zero-order valence-corrected chi connectivity index (χ0v) is 22.8. The first-order valence-corrected chi connectivity index (χ1v) is 13.3. The van der Waals surface area contributed by atoms with Crippen molar-refractivity contribution >= 4 is 70.1 Å². The molecule has 40 heavy (non-hydrogen) atoms. The number of anilines is 2. The number of carbonyl (C=O) groups is 4. The van der Waals surface area contributed by atoms with Crippen LogP contribution in [-0.4, -0.2) is 34.0 Å². The molecule has 1 atom stereocenters. The SMILES string of the molecule is O=C(O)c1ccc(C(=O)Nc2ccc(SC(C(=O)Nc3ccc(Cl)cc3Cl)c3ccccc3)cc2)c(C(=O)O)c1. The molecule has 4 N–H and O–H groups in total. The number of hydrogen-bond acceptors (Lipinski definition) is 5. The number of carboxylic acid groups (broad SMARTS) is 2. The molecule has 4 aromatic rings. The largest absolute Gasteiger partial charge is 0.478 e. The zero-order chi connectivity index (χ0) is 28.8. The summed E-state index contributed by atoms with van der Waals surface area (Å²) in [5.74, 6) is -3.74. The van der Waals surface area contributed by atoms with E-state index in [4.69, 9.17) is 28.3 Å². The molecule has 4 aromatic carbocycles. The van der Waals surface area contributed by atoms with Crippen molar-refractivity contribution in [3.8, 4) is 0 Å². The number of hydrogen-bond donors (Lipinski definition) is 4. The summed E-state index contributed by atoms with van der Waals surface area (Å²) >= 11 is 13.5. The first-order chi connectivity index (χ1) is 19.1. The van der Waals surface area contributed by atoms with Gasteiger partial charge in [0.2, 0.25) is 5.91 Å². The van der Waals surface area contributed by atoms with E-state index >= 15 is 0 Å². The number of halogens is 2. The van der Waals surface area contributed by atoms with Crippen molar-refractivity contribution in [1.29, 1.82) is 0 Å². The summed E-state index contributed by atoms with van der Waals surface area (Å²) in [7, 11) is 0. The first-order valence-electron chi connectivity index (χ1n) is 11.6. The molecule has 0 radical (unpaired) electrons. The molecular weight excluding hydrogens is 575 g/mol. The van der Waals surface area contributed by atoms with Crippen LogP contribution < -0.4 is 10.6 Å². The van der Waals surface area contributed by atoms with Gasteiger partial charge in [-0.1, -0.05) is 53.5 Å². The molecule has 0 heterocycles. The molecule has 0 aromatic heterocycles. The maximum atomic E-state index is 13.3. The van der Waals surface area contributed by atoms with Gasteiger partial charge in [-0.25, -0.2) is 9.59 Å². The molecular formula is C29H20Cl2N2O6S. The van der Waals surface area contributed by atoms with Crippen LogP contribution in [0.5, 0.6) is 0 Å². The smallest absolute Gasteiger partial charge is 0.336 e. The summed E-state index contributed by atoms with van der Waals surface area (Å²) < 4.78 is 0. The summed E-state index contributed by atoms with van der Waals surface area (Å²) in [5, 5.41) is 24.1. The predicted octanol–water partition coefficient (Wildman–Crippen LogP) is 7.11. The number of carbonyl (C=O) groups excluding carboxylic acids is 2. The van der Waals surface area contributed by atoms with Crippen LogP contribution in [0, 0.1) is 0 Å². The van der Waals surface area contributed by atoms with Crippen LogP contribution in [0.2, 0.25) is 10.0 Å². The number of nitrogens with one attached hydrogen (secondary N) is 2. The predicted molar refractivity (Wildman–Crippen MR) is 155 cm³/mol. The minimum Gasteiger partial charge on any atom is -0.478 e. The number of rotatable bonds is 9. The summed E-state index contributed by atoms with van der Waals surface area (Å²) in [6.07, 6.45) is 0. The lowest BCUT2D eigenvalue weighted by atomic mass is 10.0. The van der Waals surface area contributed by atoms with Crippen molar-refractivity contribution in [2.24, 2.45) is 0 Å². The van der Waals surface area contributed by atoms with Gasteiger partial charge in [0.1, 0.15) is 5.25 Å². The summed E-state index contributed by atoms with van der Waals surface area (Å²) in [6.45, 7) is 0. The van der Waals surface area contributed by atoms with Crippen LogP contribution in [0.4, 0.5) is 11.4 Å². The fourth-order valence-corrected chi connectivity index (χ4v) is 5.17. The number of carboxylic acids is 2. The van der Waals surface area contributed by atoms with Gasteiger partial charge in [0.15, 0.2) is 0 Å². The zero-order valence-electron chi connectivity index (χ0n) is 20.4.